The van der Waals surface area contributed by atoms with E-state index in [4.69, 9.17) is 4.74 Å². The normalized spacial score (nSPS) is 18.4. The third-order valence-corrected chi connectivity index (χ3v) is 3.97. The minimum Gasteiger partial charge on any atom is -0.497 e. The van der Waals surface area contributed by atoms with Crippen LogP contribution >= 0.6 is 0 Å². The highest BCUT2D eigenvalue weighted by Crippen LogP contribution is 2.22. The number of amides is 2. The van der Waals surface area contributed by atoms with E-state index in [-0.39, 0.29) is 17.7 Å². The van der Waals surface area contributed by atoms with Gasteiger partial charge in [0, 0.05) is 30.9 Å². The van der Waals surface area contributed by atoms with Crippen LogP contribution in [-0.4, -0.2) is 49.5 Å². The van der Waals surface area contributed by atoms with Crippen LogP contribution in [0.4, 0.5) is 5.69 Å². The molecule has 0 atom stereocenters. The van der Waals surface area contributed by atoms with Gasteiger partial charge in [0.2, 0.25) is 11.8 Å². The molecule has 0 radical (unpaired) electrons. The summed E-state index contributed by atoms with van der Waals surface area (Å²) in [5.74, 6) is 0.796. The molecule has 3 rings (SSSR count). The molecule has 1 aliphatic carbocycles. The van der Waals surface area contributed by atoms with E-state index in [2.05, 4.69) is 10.6 Å². The number of carbonyl (C=O) groups is 2. The number of likely N-dealkylation sites (tertiary alicyclic amines) is 1. The van der Waals surface area contributed by atoms with E-state index in [1.807, 2.05) is 23.1 Å². The van der Waals surface area contributed by atoms with Gasteiger partial charge in [-0.15, -0.1) is 0 Å². The number of rotatable bonds is 6. The lowest BCUT2D eigenvalue weighted by atomic mass is 9.99. The zero-order valence-corrected chi connectivity index (χ0v) is 12.7. The number of carbonyl (C=O) groups excluding carboxylic acids is 2. The molecule has 1 saturated carbocycles. The highest BCUT2D eigenvalue weighted by atomic mass is 16.5. The fourth-order valence-electron chi connectivity index (χ4n) is 2.52. The van der Waals surface area contributed by atoms with Gasteiger partial charge in [0.15, 0.2) is 0 Å². The molecule has 22 heavy (non-hydrogen) atoms. The van der Waals surface area contributed by atoms with Crippen LogP contribution in [0.3, 0.4) is 0 Å². The minimum atomic E-state index is -0.0747. The second-order valence-corrected chi connectivity index (χ2v) is 5.95. The monoisotopic (exact) mass is 303 g/mol. The van der Waals surface area contributed by atoms with Crippen molar-refractivity contribution in [2.24, 2.45) is 5.92 Å². The van der Waals surface area contributed by atoms with Gasteiger partial charge < -0.3 is 15.4 Å². The molecule has 1 aromatic rings. The molecule has 118 valence electrons. The highest BCUT2D eigenvalue weighted by molar-refractivity contribution is 5.92. The molecule has 6 nitrogen and oxygen atoms in total. The van der Waals surface area contributed by atoms with Gasteiger partial charge >= 0.3 is 0 Å². The van der Waals surface area contributed by atoms with Crippen molar-refractivity contribution in [1.29, 1.82) is 0 Å². The zero-order valence-electron chi connectivity index (χ0n) is 12.7. The fraction of sp³-hybridized carbons (Fsp3) is 0.500. The highest BCUT2D eigenvalue weighted by Gasteiger charge is 2.35. The zero-order chi connectivity index (χ0) is 15.5. The number of nitrogens with one attached hydrogen (secondary N) is 2. The molecule has 2 N–H and O–H groups in total. The average molecular weight is 303 g/mol. The fourth-order valence-corrected chi connectivity index (χ4v) is 2.52. The van der Waals surface area contributed by atoms with Crippen LogP contribution in [-0.2, 0) is 9.59 Å². The van der Waals surface area contributed by atoms with E-state index >= 15 is 0 Å². The Morgan fingerprint density at radius 1 is 1.32 bits per heavy atom. The van der Waals surface area contributed by atoms with Gasteiger partial charge in [0.05, 0.1) is 19.6 Å². The summed E-state index contributed by atoms with van der Waals surface area (Å²) in [7, 11) is 1.59. The lowest BCUT2D eigenvalue weighted by Crippen LogP contribution is -2.55. The SMILES string of the molecule is COc1cccc(NC(=O)CN2CC(C(=O)NC3CC3)C2)c1. The second-order valence-electron chi connectivity index (χ2n) is 5.95. The number of anilines is 1. The molecule has 6 heteroatoms. The Kier molecular flexibility index (Phi) is 4.29. The molecule has 0 aromatic heterocycles. The molecular weight excluding hydrogens is 282 g/mol. The number of nitrogens with zero attached hydrogens (tertiary/aromatic N) is 1. The van der Waals surface area contributed by atoms with E-state index < -0.39 is 0 Å². The van der Waals surface area contributed by atoms with E-state index in [1.165, 1.54) is 0 Å². The Labute approximate surface area is 129 Å². The van der Waals surface area contributed by atoms with Crippen LogP contribution in [0, 0.1) is 5.92 Å². The Balaban J connectivity index is 1.40. The van der Waals surface area contributed by atoms with Gasteiger partial charge in [-0.05, 0) is 25.0 Å². The van der Waals surface area contributed by atoms with E-state index in [0.717, 1.165) is 12.8 Å². The predicted octanol–water partition coefficient (Wildman–Crippen LogP) is 0.844. The Morgan fingerprint density at radius 2 is 2.09 bits per heavy atom. The summed E-state index contributed by atoms with van der Waals surface area (Å²) >= 11 is 0. The van der Waals surface area contributed by atoms with Crippen molar-refractivity contribution in [2.75, 3.05) is 32.1 Å². The Hall–Kier alpha value is -2.08. The van der Waals surface area contributed by atoms with Crippen molar-refractivity contribution in [3.8, 4) is 5.75 Å². The van der Waals surface area contributed by atoms with Crippen molar-refractivity contribution in [1.82, 2.24) is 10.2 Å². The number of methoxy groups -OCH3 is 1. The van der Waals surface area contributed by atoms with E-state index in [9.17, 15) is 9.59 Å². The van der Waals surface area contributed by atoms with Gasteiger partial charge in [-0.3, -0.25) is 14.5 Å². The van der Waals surface area contributed by atoms with Crippen LogP contribution in [0.1, 0.15) is 12.8 Å². The largest absolute Gasteiger partial charge is 0.497 e. The van der Waals surface area contributed by atoms with E-state index in [0.29, 0.717) is 37.1 Å². The first kappa shape index (κ1) is 14.8. The number of ether oxygens (including phenoxy) is 1. The first-order valence-corrected chi connectivity index (χ1v) is 7.60. The Morgan fingerprint density at radius 3 is 2.77 bits per heavy atom. The summed E-state index contributed by atoms with van der Waals surface area (Å²) in [6.07, 6.45) is 2.20. The van der Waals surface area contributed by atoms with Crippen LogP contribution in [0.2, 0.25) is 0 Å². The first-order valence-electron chi connectivity index (χ1n) is 7.60. The summed E-state index contributed by atoms with van der Waals surface area (Å²) in [5, 5.41) is 5.84. The third kappa shape index (κ3) is 3.76. The lowest BCUT2D eigenvalue weighted by molar-refractivity contribution is -0.132. The van der Waals surface area contributed by atoms with Crippen molar-refractivity contribution >= 4 is 17.5 Å². The summed E-state index contributed by atoms with van der Waals surface area (Å²) in [5.41, 5.74) is 0.716. The van der Waals surface area contributed by atoms with Crippen LogP contribution < -0.4 is 15.4 Å². The van der Waals surface area contributed by atoms with E-state index in [1.54, 1.807) is 13.2 Å². The summed E-state index contributed by atoms with van der Waals surface area (Å²) in [6, 6.07) is 7.66. The number of hydrogen-bond acceptors (Lipinski definition) is 4. The standard InChI is InChI=1S/C16H21N3O3/c1-22-14-4-2-3-13(7-14)17-15(20)10-19-8-11(9-19)16(21)18-12-5-6-12/h2-4,7,11-12H,5-6,8-10H2,1H3,(H,17,20)(H,18,21). The lowest BCUT2D eigenvalue weighted by Gasteiger charge is -2.37. The molecule has 0 unspecified atom stereocenters. The van der Waals surface area contributed by atoms with Gasteiger partial charge in [-0.2, -0.15) is 0 Å². The van der Waals surface area contributed by atoms with Crippen LogP contribution in [0.15, 0.2) is 24.3 Å². The topological polar surface area (TPSA) is 70.7 Å². The molecule has 0 bridgehead atoms. The number of hydrogen-bond donors (Lipinski definition) is 2. The minimum absolute atomic E-state index is 0.0326. The van der Waals surface area contributed by atoms with Gasteiger partial charge in [-0.1, -0.05) is 6.07 Å². The third-order valence-electron chi connectivity index (χ3n) is 3.97. The first-order chi connectivity index (χ1) is 10.6. The van der Waals surface area contributed by atoms with Gasteiger partial charge in [0.1, 0.15) is 5.75 Å². The van der Waals surface area contributed by atoms with Crippen molar-refractivity contribution in [2.45, 2.75) is 18.9 Å². The Bertz CT molecular complexity index is 566. The quantitative estimate of drug-likeness (QED) is 0.817. The maximum absolute atomic E-state index is 12.0. The molecule has 2 fully saturated rings. The van der Waals surface area contributed by atoms with Crippen LogP contribution in [0.5, 0.6) is 5.75 Å². The molecule has 1 aliphatic heterocycles. The summed E-state index contributed by atoms with van der Waals surface area (Å²) < 4.78 is 5.12. The second kappa shape index (κ2) is 6.36. The van der Waals surface area contributed by atoms with Crippen molar-refractivity contribution in [3.05, 3.63) is 24.3 Å². The summed E-state index contributed by atoms with van der Waals surface area (Å²) in [4.78, 5) is 25.8. The van der Waals surface area contributed by atoms with Crippen molar-refractivity contribution in [3.63, 3.8) is 0 Å². The molecule has 1 aromatic carbocycles. The average Bonchev–Trinajstić information content (AvgIpc) is 3.26. The maximum atomic E-state index is 12.0. The maximum Gasteiger partial charge on any atom is 0.238 e. The molecule has 2 aliphatic rings. The molecule has 0 spiro atoms. The van der Waals surface area contributed by atoms with Crippen molar-refractivity contribution < 1.29 is 14.3 Å². The van der Waals surface area contributed by atoms with Crippen LogP contribution in [0.25, 0.3) is 0 Å². The number of benzene rings is 1. The molecular formula is C16H21N3O3. The molecule has 2 amide bonds. The smallest absolute Gasteiger partial charge is 0.238 e. The summed E-state index contributed by atoms with van der Waals surface area (Å²) in [6.45, 7) is 1.62. The molecule has 1 heterocycles. The predicted molar refractivity (Wildman–Crippen MR) is 82.7 cm³/mol. The van der Waals surface area contributed by atoms with Gasteiger partial charge in [-0.25, -0.2) is 0 Å². The van der Waals surface area contributed by atoms with Gasteiger partial charge in [0.25, 0.3) is 0 Å². The molecule has 1 saturated heterocycles.